The van der Waals surface area contributed by atoms with Crippen LogP contribution in [0.1, 0.15) is 37.4 Å². The van der Waals surface area contributed by atoms with Gasteiger partial charge in [-0.3, -0.25) is 0 Å². The molecular formula is C15H25NO3. The van der Waals surface area contributed by atoms with Crippen molar-refractivity contribution in [2.24, 2.45) is 5.73 Å². The zero-order valence-electron chi connectivity index (χ0n) is 12.1. The lowest BCUT2D eigenvalue weighted by Gasteiger charge is -2.13. The molecule has 0 spiro atoms. The van der Waals surface area contributed by atoms with Crippen molar-refractivity contribution in [3.05, 3.63) is 29.3 Å². The number of hydrogen-bond donors (Lipinski definition) is 1. The molecule has 1 unspecified atom stereocenters. The maximum atomic E-state index is 5.88. The SMILES string of the molecule is CCCOCCOCc1cc(C(C)N)ccc1OC. The Balaban J connectivity index is 2.48. The molecule has 0 aliphatic heterocycles. The molecule has 1 atom stereocenters. The topological polar surface area (TPSA) is 53.7 Å². The van der Waals surface area contributed by atoms with Gasteiger partial charge in [0.05, 0.1) is 26.9 Å². The Hall–Kier alpha value is -1.10. The van der Waals surface area contributed by atoms with Crippen molar-refractivity contribution in [1.82, 2.24) is 0 Å². The van der Waals surface area contributed by atoms with Gasteiger partial charge in [0.15, 0.2) is 0 Å². The first kappa shape index (κ1) is 16.0. The summed E-state index contributed by atoms with van der Waals surface area (Å²) in [5.41, 5.74) is 7.99. The van der Waals surface area contributed by atoms with Crippen LogP contribution < -0.4 is 10.5 Å². The lowest BCUT2D eigenvalue weighted by atomic mass is 10.1. The van der Waals surface area contributed by atoms with E-state index in [-0.39, 0.29) is 6.04 Å². The van der Waals surface area contributed by atoms with Gasteiger partial charge in [-0.15, -0.1) is 0 Å². The van der Waals surface area contributed by atoms with E-state index in [9.17, 15) is 0 Å². The Labute approximate surface area is 115 Å². The molecule has 19 heavy (non-hydrogen) atoms. The molecule has 0 radical (unpaired) electrons. The van der Waals surface area contributed by atoms with Crippen molar-refractivity contribution in [2.45, 2.75) is 32.9 Å². The van der Waals surface area contributed by atoms with E-state index in [0.717, 1.165) is 29.9 Å². The van der Waals surface area contributed by atoms with E-state index < -0.39 is 0 Å². The maximum Gasteiger partial charge on any atom is 0.124 e. The molecule has 0 aliphatic rings. The Morgan fingerprint density at radius 1 is 1.16 bits per heavy atom. The molecule has 1 aromatic carbocycles. The number of methoxy groups -OCH3 is 1. The van der Waals surface area contributed by atoms with E-state index in [1.54, 1.807) is 7.11 Å². The monoisotopic (exact) mass is 267 g/mol. The molecule has 0 saturated carbocycles. The molecule has 4 heteroatoms. The van der Waals surface area contributed by atoms with Crippen LogP contribution in [0.25, 0.3) is 0 Å². The molecule has 0 aromatic heterocycles. The van der Waals surface area contributed by atoms with Crippen LogP contribution in [-0.4, -0.2) is 26.9 Å². The Morgan fingerprint density at radius 2 is 1.89 bits per heavy atom. The molecule has 0 aliphatic carbocycles. The smallest absolute Gasteiger partial charge is 0.124 e. The van der Waals surface area contributed by atoms with Crippen molar-refractivity contribution in [2.75, 3.05) is 26.9 Å². The standard InChI is InChI=1S/C15H25NO3/c1-4-7-18-8-9-19-11-14-10-13(12(2)16)5-6-15(14)17-3/h5-6,10,12H,4,7-9,11,16H2,1-3H3. The van der Waals surface area contributed by atoms with E-state index in [1.807, 2.05) is 25.1 Å². The van der Waals surface area contributed by atoms with Crippen molar-refractivity contribution in [3.8, 4) is 5.75 Å². The first-order chi connectivity index (χ1) is 9.19. The van der Waals surface area contributed by atoms with Crippen LogP contribution in [0.3, 0.4) is 0 Å². The van der Waals surface area contributed by atoms with Gasteiger partial charge in [0, 0.05) is 18.2 Å². The predicted octanol–water partition coefficient (Wildman–Crippen LogP) is 2.66. The van der Waals surface area contributed by atoms with Gasteiger partial charge in [-0.25, -0.2) is 0 Å². The van der Waals surface area contributed by atoms with Gasteiger partial charge >= 0.3 is 0 Å². The molecule has 1 aromatic rings. The van der Waals surface area contributed by atoms with Gasteiger partial charge in [0.2, 0.25) is 0 Å². The number of benzene rings is 1. The highest BCUT2D eigenvalue weighted by molar-refractivity contribution is 5.37. The van der Waals surface area contributed by atoms with Gasteiger partial charge < -0.3 is 19.9 Å². The number of nitrogens with two attached hydrogens (primary N) is 1. The van der Waals surface area contributed by atoms with Crippen LogP contribution in [0.4, 0.5) is 0 Å². The third-order valence-electron chi connectivity index (χ3n) is 2.81. The second-order valence-electron chi connectivity index (χ2n) is 4.52. The molecule has 1 rings (SSSR count). The van der Waals surface area contributed by atoms with Gasteiger partial charge in [-0.2, -0.15) is 0 Å². The highest BCUT2D eigenvalue weighted by Crippen LogP contribution is 2.23. The van der Waals surface area contributed by atoms with Crippen molar-refractivity contribution < 1.29 is 14.2 Å². The van der Waals surface area contributed by atoms with E-state index in [1.165, 1.54) is 0 Å². The molecular weight excluding hydrogens is 242 g/mol. The average Bonchev–Trinajstić information content (AvgIpc) is 2.42. The maximum absolute atomic E-state index is 5.88. The van der Waals surface area contributed by atoms with E-state index in [4.69, 9.17) is 19.9 Å². The minimum absolute atomic E-state index is 0.0116. The van der Waals surface area contributed by atoms with Gasteiger partial charge in [-0.1, -0.05) is 13.0 Å². The fraction of sp³-hybridized carbons (Fsp3) is 0.600. The summed E-state index contributed by atoms with van der Waals surface area (Å²) in [5.74, 6) is 0.832. The number of hydrogen-bond acceptors (Lipinski definition) is 4. The summed E-state index contributed by atoms with van der Waals surface area (Å²) in [6, 6.07) is 5.97. The molecule has 0 bridgehead atoms. The van der Waals surface area contributed by atoms with E-state index >= 15 is 0 Å². The quantitative estimate of drug-likeness (QED) is 0.699. The first-order valence-corrected chi connectivity index (χ1v) is 6.77. The summed E-state index contributed by atoms with van der Waals surface area (Å²) in [4.78, 5) is 0. The minimum Gasteiger partial charge on any atom is -0.496 e. The number of rotatable bonds is 9. The summed E-state index contributed by atoms with van der Waals surface area (Å²) < 4.78 is 16.3. The predicted molar refractivity (Wildman–Crippen MR) is 76.4 cm³/mol. The highest BCUT2D eigenvalue weighted by atomic mass is 16.5. The van der Waals surface area contributed by atoms with Crippen LogP contribution >= 0.6 is 0 Å². The summed E-state index contributed by atoms with van der Waals surface area (Å²) in [6.07, 6.45) is 1.03. The van der Waals surface area contributed by atoms with Gasteiger partial charge in [0.1, 0.15) is 5.75 Å². The third-order valence-corrected chi connectivity index (χ3v) is 2.81. The molecule has 2 N–H and O–H groups in total. The Kier molecular flexibility index (Phi) is 7.48. The minimum atomic E-state index is 0.0116. The summed E-state index contributed by atoms with van der Waals surface area (Å²) in [7, 11) is 1.66. The number of ether oxygens (including phenoxy) is 3. The van der Waals surface area contributed by atoms with Crippen molar-refractivity contribution in [1.29, 1.82) is 0 Å². The Morgan fingerprint density at radius 3 is 2.53 bits per heavy atom. The first-order valence-electron chi connectivity index (χ1n) is 6.77. The summed E-state index contributed by atoms with van der Waals surface area (Å²) in [5, 5.41) is 0. The molecule has 108 valence electrons. The van der Waals surface area contributed by atoms with E-state index in [0.29, 0.717) is 19.8 Å². The third kappa shape index (κ3) is 5.59. The second kappa shape index (κ2) is 8.91. The largest absolute Gasteiger partial charge is 0.496 e. The van der Waals surface area contributed by atoms with Crippen molar-refractivity contribution in [3.63, 3.8) is 0 Å². The molecule has 0 amide bonds. The van der Waals surface area contributed by atoms with Crippen LogP contribution in [0.15, 0.2) is 18.2 Å². The zero-order valence-corrected chi connectivity index (χ0v) is 12.1. The normalized spacial score (nSPS) is 12.4. The van der Waals surface area contributed by atoms with Crippen LogP contribution in [0.2, 0.25) is 0 Å². The Bertz CT molecular complexity index is 366. The summed E-state index contributed by atoms with van der Waals surface area (Å²) in [6.45, 7) is 6.57. The lowest BCUT2D eigenvalue weighted by Crippen LogP contribution is -2.08. The van der Waals surface area contributed by atoms with Crippen molar-refractivity contribution >= 4 is 0 Å². The summed E-state index contributed by atoms with van der Waals surface area (Å²) >= 11 is 0. The fourth-order valence-corrected chi connectivity index (χ4v) is 1.74. The molecule has 0 saturated heterocycles. The lowest BCUT2D eigenvalue weighted by molar-refractivity contribution is 0.0402. The molecule has 0 fully saturated rings. The molecule has 0 heterocycles. The zero-order chi connectivity index (χ0) is 14.1. The van der Waals surface area contributed by atoms with Gasteiger partial charge in [-0.05, 0) is 31.0 Å². The van der Waals surface area contributed by atoms with Crippen LogP contribution in [-0.2, 0) is 16.1 Å². The van der Waals surface area contributed by atoms with Crippen LogP contribution in [0.5, 0.6) is 5.75 Å². The highest BCUT2D eigenvalue weighted by Gasteiger charge is 2.07. The van der Waals surface area contributed by atoms with Gasteiger partial charge in [0.25, 0.3) is 0 Å². The second-order valence-corrected chi connectivity index (χ2v) is 4.52. The van der Waals surface area contributed by atoms with E-state index in [2.05, 4.69) is 6.92 Å². The van der Waals surface area contributed by atoms with Crippen LogP contribution in [0, 0.1) is 0 Å². The fourth-order valence-electron chi connectivity index (χ4n) is 1.74. The average molecular weight is 267 g/mol. The molecule has 4 nitrogen and oxygen atoms in total.